The fourth-order valence-corrected chi connectivity index (χ4v) is 2.74. The molecular formula is C20H21N3O3. The first-order valence-electron chi connectivity index (χ1n) is 8.63. The Kier molecular flexibility index (Phi) is 5.73. The van der Waals surface area contributed by atoms with E-state index in [1.807, 2.05) is 43.3 Å². The molecular weight excluding hydrogens is 330 g/mol. The van der Waals surface area contributed by atoms with Crippen molar-refractivity contribution in [1.29, 1.82) is 0 Å². The zero-order chi connectivity index (χ0) is 18.4. The fraction of sp³-hybridized carbons (Fsp3) is 0.300. The van der Waals surface area contributed by atoms with Crippen molar-refractivity contribution in [3.63, 3.8) is 0 Å². The number of hydrogen-bond donors (Lipinski definition) is 0. The van der Waals surface area contributed by atoms with E-state index >= 15 is 0 Å². The highest BCUT2D eigenvalue weighted by molar-refractivity contribution is 5.78. The third kappa shape index (κ3) is 4.14. The molecule has 3 rings (SSSR count). The Hall–Kier alpha value is -3.02. The number of aromatic nitrogens is 3. The van der Waals surface area contributed by atoms with E-state index in [1.165, 1.54) is 0 Å². The summed E-state index contributed by atoms with van der Waals surface area (Å²) in [5, 5.41) is 3.90. The second kappa shape index (κ2) is 8.38. The zero-order valence-corrected chi connectivity index (χ0v) is 14.8. The SMILES string of the molecule is CC[C@H](C)[C@@H](C(=O)OCc1nc(-c2cccnc2)no1)c1ccccc1. The molecule has 0 saturated carbocycles. The van der Waals surface area contributed by atoms with E-state index in [0.29, 0.717) is 5.82 Å². The van der Waals surface area contributed by atoms with Gasteiger partial charge in [-0.25, -0.2) is 0 Å². The summed E-state index contributed by atoms with van der Waals surface area (Å²) in [7, 11) is 0. The first-order chi connectivity index (χ1) is 12.7. The molecule has 2 atom stereocenters. The van der Waals surface area contributed by atoms with Crippen LogP contribution >= 0.6 is 0 Å². The molecule has 0 aliphatic heterocycles. The van der Waals surface area contributed by atoms with Gasteiger partial charge in [-0.3, -0.25) is 9.78 Å². The summed E-state index contributed by atoms with van der Waals surface area (Å²) in [6.07, 6.45) is 4.19. The predicted octanol–water partition coefficient (Wildman–Crippen LogP) is 4.00. The Morgan fingerprint density at radius 1 is 1.19 bits per heavy atom. The van der Waals surface area contributed by atoms with Crippen LogP contribution in [0.15, 0.2) is 59.4 Å². The molecule has 0 radical (unpaired) electrons. The van der Waals surface area contributed by atoms with Crippen molar-refractivity contribution in [3.05, 3.63) is 66.3 Å². The average Bonchev–Trinajstić information content (AvgIpc) is 3.17. The van der Waals surface area contributed by atoms with Crippen LogP contribution in [0.4, 0.5) is 0 Å². The van der Waals surface area contributed by atoms with E-state index in [1.54, 1.807) is 18.5 Å². The minimum absolute atomic E-state index is 0.0497. The Bertz CT molecular complexity index is 834. The highest BCUT2D eigenvalue weighted by Crippen LogP contribution is 2.28. The van der Waals surface area contributed by atoms with E-state index in [4.69, 9.17) is 9.26 Å². The molecule has 6 heteroatoms. The van der Waals surface area contributed by atoms with Gasteiger partial charge < -0.3 is 9.26 Å². The molecule has 0 aliphatic rings. The summed E-state index contributed by atoms with van der Waals surface area (Å²) in [4.78, 5) is 20.9. The van der Waals surface area contributed by atoms with Crippen molar-refractivity contribution >= 4 is 5.97 Å². The van der Waals surface area contributed by atoms with Crippen LogP contribution in [0.3, 0.4) is 0 Å². The topological polar surface area (TPSA) is 78.1 Å². The smallest absolute Gasteiger partial charge is 0.314 e. The van der Waals surface area contributed by atoms with Gasteiger partial charge in [-0.15, -0.1) is 0 Å². The van der Waals surface area contributed by atoms with E-state index in [-0.39, 0.29) is 30.3 Å². The number of carbonyl (C=O) groups excluding carboxylic acids is 1. The van der Waals surface area contributed by atoms with Gasteiger partial charge in [0.2, 0.25) is 5.82 Å². The number of nitrogens with zero attached hydrogens (tertiary/aromatic N) is 3. The van der Waals surface area contributed by atoms with Crippen LogP contribution < -0.4 is 0 Å². The number of hydrogen-bond acceptors (Lipinski definition) is 6. The lowest BCUT2D eigenvalue weighted by Crippen LogP contribution is -2.22. The maximum Gasteiger partial charge on any atom is 0.314 e. The van der Waals surface area contributed by atoms with Crippen LogP contribution in [0, 0.1) is 5.92 Å². The van der Waals surface area contributed by atoms with E-state index in [2.05, 4.69) is 22.0 Å². The van der Waals surface area contributed by atoms with Gasteiger partial charge >= 0.3 is 5.97 Å². The molecule has 6 nitrogen and oxygen atoms in total. The summed E-state index contributed by atoms with van der Waals surface area (Å²) in [6, 6.07) is 13.3. The molecule has 0 N–H and O–H groups in total. The van der Waals surface area contributed by atoms with Gasteiger partial charge in [0.05, 0.1) is 5.92 Å². The minimum Gasteiger partial charge on any atom is -0.455 e. The first-order valence-corrected chi connectivity index (χ1v) is 8.63. The van der Waals surface area contributed by atoms with Gasteiger partial charge in [0, 0.05) is 18.0 Å². The third-order valence-electron chi connectivity index (χ3n) is 4.35. The number of pyridine rings is 1. The summed E-state index contributed by atoms with van der Waals surface area (Å²) >= 11 is 0. The van der Waals surface area contributed by atoms with Crippen LogP contribution in [-0.2, 0) is 16.1 Å². The maximum atomic E-state index is 12.7. The molecule has 0 bridgehead atoms. The molecule has 0 amide bonds. The van der Waals surface area contributed by atoms with Crippen molar-refractivity contribution in [2.45, 2.75) is 32.8 Å². The normalized spacial score (nSPS) is 13.2. The molecule has 2 heterocycles. The first kappa shape index (κ1) is 17.8. The van der Waals surface area contributed by atoms with Gasteiger partial charge in [0.1, 0.15) is 0 Å². The van der Waals surface area contributed by atoms with E-state index < -0.39 is 0 Å². The second-order valence-electron chi connectivity index (χ2n) is 6.14. The van der Waals surface area contributed by atoms with Gasteiger partial charge in [0.15, 0.2) is 6.61 Å². The minimum atomic E-state index is -0.318. The molecule has 134 valence electrons. The van der Waals surface area contributed by atoms with Crippen molar-refractivity contribution in [2.75, 3.05) is 0 Å². The Balaban J connectivity index is 1.68. The van der Waals surface area contributed by atoms with Crippen molar-refractivity contribution < 1.29 is 14.1 Å². The molecule has 0 fully saturated rings. The molecule has 0 unspecified atom stereocenters. The van der Waals surface area contributed by atoms with Gasteiger partial charge in [0.25, 0.3) is 5.89 Å². The van der Waals surface area contributed by atoms with E-state index in [0.717, 1.165) is 17.5 Å². The highest BCUT2D eigenvalue weighted by atomic mass is 16.6. The predicted molar refractivity (Wildman–Crippen MR) is 96.0 cm³/mol. The lowest BCUT2D eigenvalue weighted by molar-refractivity contribution is -0.149. The van der Waals surface area contributed by atoms with Gasteiger partial charge in [-0.05, 0) is 23.6 Å². The number of ether oxygens (including phenoxy) is 1. The average molecular weight is 351 g/mol. The van der Waals surface area contributed by atoms with Gasteiger partial charge in [-0.1, -0.05) is 55.8 Å². The van der Waals surface area contributed by atoms with Crippen LogP contribution in [0.2, 0.25) is 0 Å². The third-order valence-corrected chi connectivity index (χ3v) is 4.35. The Labute approximate surface area is 152 Å². The summed E-state index contributed by atoms with van der Waals surface area (Å²) in [5.41, 5.74) is 1.70. The lowest BCUT2D eigenvalue weighted by Gasteiger charge is -2.21. The second-order valence-corrected chi connectivity index (χ2v) is 6.14. The zero-order valence-electron chi connectivity index (χ0n) is 14.8. The fourth-order valence-electron chi connectivity index (χ4n) is 2.74. The standard InChI is InChI=1S/C20H21N3O3/c1-3-14(2)18(15-8-5-4-6-9-15)20(24)25-13-17-22-19(23-26-17)16-10-7-11-21-12-16/h4-12,14,18H,3,13H2,1-2H3/t14-,18+/m0/s1. The van der Waals surface area contributed by atoms with Gasteiger partial charge in [-0.2, -0.15) is 4.98 Å². The highest BCUT2D eigenvalue weighted by Gasteiger charge is 2.27. The molecule has 1 aromatic carbocycles. The van der Waals surface area contributed by atoms with Crippen molar-refractivity contribution in [1.82, 2.24) is 15.1 Å². The maximum absolute atomic E-state index is 12.7. The largest absolute Gasteiger partial charge is 0.455 e. The number of benzene rings is 1. The molecule has 0 spiro atoms. The molecule has 26 heavy (non-hydrogen) atoms. The lowest BCUT2D eigenvalue weighted by atomic mass is 9.86. The van der Waals surface area contributed by atoms with Crippen LogP contribution in [0.1, 0.15) is 37.6 Å². The Morgan fingerprint density at radius 3 is 2.69 bits per heavy atom. The number of carbonyl (C=O) groups is 1. The summed E-state index contributed by atoms with van der Waals surface area (Å²) in [5.74, 6) is 0.242. The Morgan fingerprint density at radius 2 is 2.00 bits per heavy atom. The molecule has 3 aromatic rings. The van der Waals surface area contributed by atoms with E-state index in [9.17, 15) is 4.79 Å². The van der Waals surface area contributed by atoms with Crippen LogP contribution in [0.5, 0.6) is 0 Å². The van der Waals surface area contributed by atoms with Crippen molar-refractivity contribution in [2.24, 2.45) is 5.92 Å². The quantitative estimate of drug-likeness (QED) is 0.599. The van der Waals surface area contributed by atoms with Crippen molar-refractivity contribution in [3.8, 4) is 11.4 Å². The number of rotatable bonds is 7. The number of esters is 1. The monoisotopic (exact) mass is 351 g/mol. The summed E-state index contributed by atoms with van der Waals surface area (Å²) in [6.45, 7) is 4.06. The van der Waals surface area contributed by atoms with Crippen LogP contribution in [-0.4, -0.2) is 21.1 Å². The molecule has 2 aromatic heterocycles. The van der Waals surface area contributed by atoms with Crippen LogP contribution in [0.25, 0.3) is 11.4 Å². The molecule has 0 aliphatic carbocycles. The molecule has 0 saturated heterocycles. The summed E-state index contributed by atoms with van der Waals surface area (Å²) < 4.78 is 10.6.